The van der Waals surface area contributed by atoms with Crippen molar-refractivity contribution >= 4 is 29.5 Å². The molecule has 0 bridgehead atoms. The molecule has 138 valence electrons. The number of hydrogen-bond acceptors (Lipinski definition) is 2. The van der Waals surface area contributed by atoms with Gasteiger partial charge in [0.1, 0.15) is 5.54 Å². The Bertz CT molecular complexity index is 301. The highest BCUT2D eigenvalue weighted by Crippen LogP contribution is 2.27. The molecule has 0 amide bonds. The molecule has 3 nitrogen and oxygen atoms in total. The van der Waals surface area contributed by atoms with E-state index in [4.69, 9.17) is 23.6 Å². The van der Waals surface area contributed by atoms with Crippen molar-refractivity contribution in [2.24, 2.45) is 0 Å². The SMILES string of the molecule is CCCCCCCCCCCCCCCC(C)(C(=O)O)N(Cl)Cl. The third-order valence-corrected chi connectivity index (χ3v) is 5.35. The molecule has 1 atom stereocenters. The number of carbonyl (C=O) groups is 1. The van der Waals surface area contributed by atoms with E-state index >= 15 is 0 Å². The van der Waals surface area contributed by atoms with E-state index in [2.05, 4.69) is 6.92 Å². The Hall–Kier alpha value is 0.01000. The smallest absolute Gasteiger partial charge is 0.326 e. The van der Waals surface area contributed by atoms with E-state index in [1.165, 1.54) is 64.2 Å². The first-order chi connectivity index (χ1) is 10.9. The molecule has 1 unspecified atom stereocenters. The summed E-state index contributed by atoms with van der Waals surface area (Å²) in [4.78, 5) is 11.2. The number of nitrogens with zero attached hydrogens (tertiary/aromatic N) is 1. The van der Waals surface area contributed by atoms with Crippen molar-refractivity contribution in [1.82, 2.24) is 3.94 Å². The van der Waals surface area contributed by atoms with Crippen LogP contribution in [0.1, 0.15) is 104 Å². The molecule has 0 spiro atoms. The van der Waals surface area contributed by atoms with Gasteiger partial charge in [-0.25, -0.2) is 0 Å². The van der Waals surface area contributed by atoms with Crippen LogP contribution >= 0.6 is 23.6 Å². The highest BCUT2D eigenvalue weighted by molar-refractivity contribution is 6.35. The second kappa shape index (κ2) is 14.4. The van der Waals surface area contributed by atoms with Crippen LogP contribution < -0.4 is 0 Å². The summed E-state index contributed by atoms with van der Waals surface area (Å²) >= 11 is 11.3. The lowest BCUT2D eigenvalue weighted by molar-refractivity contribution is -0.146. The van der Waals surface area contributed by atoms with Gasteiger partial charge in [0.15, 0.2) is 0 Å². The molecule has 1 N–H and O–H groups in total. The molecule has 23 heavy (non-hydrogen) atoms. The Labute approximate surface area is 152 Å². The number of carboxylic acids is 1. The largest absolute Gasteiger partial charge is 0.480 e. The highest BCUT2D eigenvalue weighted by atomic mass is 35.5. The minimum atomic E-state index is -1.18. The van der Waals surface area contributed by atoms with E-state index in [0.717, 1.165) is 23.2 Å². The third kappa shape index (κ3) is 11.2. The first-order valence-electron chi connectivity index (χ1n) is 9.30. The average Bonchev–Trinajstić information content (AvgIpc) is 2.51. The monoisotopic (exact) mass is 367 g/mol. The van der Waals surface area contributed by atoms with Crippen molar-refractivity contribution < 1.29 is 9.90 Å². The standard InChI is InChI=1S/C18H35Cl2NO2/c1-3-4-5-6-7-8-9-10-11-12-13-14-15-16-18(2,17(22)23)21(19)20/h3-16H2,1-2H3,(H,22,23). The molecule has 0 rings (SSSR count). The van der Waals surface area contributed by atoms with Gasteiger partial charge >= 0.3 is 5.97 Å². The average molecular weight is 368 g/mol. The number of carboxylic acid groups (broad SMARTS) is 1. The fraction of sp³-hybridized carbons (Fsp3) is 0.944. The summed E-state index contributed by atoms with van der Waals surface area (Å²) in [6.45, 7) is 3.82. The molecule has 0 aromatic heterocycles. The van der Waals surface area contributed by atoms with Crippen LogP contribution in [0.5, 0.6) is 0 Å². The van der Waals surface area contributed by atoms with E-state index in [1.807, 2.05) is 0 Å². The lowest BCUT2D eigenvalue weighted by atomic mass is 9.95. The highest BCUT2D eigenvalue weighted by Gasteiger charge is 2.38. The Kier molecular flexibility index (Phi) is 14.4. The quantitative estimate of drug-likeness (QED) is 0.237. The molecule has 0 heterocycles. The van der Waals surface area contributed by atoms with Gasteiger partial charge in [-0.05, 0) is 36.9 Å². The second-order valence-electron chi connectivity index (χ2n) is 6.80. The zero-order chi connectivity index (χ0) is 17.6. The van der Waals surface area contributed by atoms with Gasteiger partial charge in [-0.3, -0.25) is 4.79 Å². The summed E-state index contributed by atoms with van der Waals surface area (Å²) in [5.41, 5.74) is -1.18. The lowest BCUT2D eigenvalue weighted by Crippen LogP contribution is -2.43. The summed E-state index contributed by atoms with van der Waals surface area (Å²) in [6, 6.07) is 0. The summed E-state index contributed by atoms with van der Waals surface area (Å²) in [7, 11) is 0. The fourth-order valence-electron chi connectivity index (χ4n) is 2.75. The molecule has 5 heteroatoms. The van der Waals surface area contributed by atoms with Crippen LogP contribution in [-0.2, 0) is 4.79 Å². The first kappa shape index (κ1) is 23.0. The van der Waals surface area contributed by atoms with Crippen molar-refractivity contribution in [2.45, 2.75) is 109 Å². The molecule has 0 saturated heterocycles. The molecule has 0 fully saturated rings. The van der Waals surface area contributed by atoms with Crippen molar-refractivity contribution in [3.63, 3.8) is 0 Å². The minimum Gasteiger partial charge on any atom is -0.480 e. The predicted octanol–water partition coefficient (Wildman–Crippen LogP) is 6.92. The van der Waals surface area contributed by atoms with Gasteiger partial charge in [-0.15, -0.1) is 3.94 Å². The normalized spacial score (nSPS) is 14.1. The zero-order valence-electron chi connectivity index (χ0n) is 15.0. The van der Waals surface area contributed by atoms with Crippen LogP contribution in [0.25, 0.3) is 0 Å². The first-order valence-corrected chi connectivity index (χ1v) is 9.98. The van der Waals surface area contributed by atoms with Crippen LogP contribution in [0.2, 0.25) is 0 Å². The van der Waals surface area contributed by atoms with Crippen molar-refractivity contribution in [1.29, 1.82) is 0 Å². The van der Waals surface area contributed by atoms with Gasteiger partial charge in [0.2, 0.25) is 0 Å². The number of hydrogen-bond donors (Lipinski definition) is 1. The topological polar surface area (TPSA) is 40.5 Å². The van der Waals surface area contributed by atoms with E-state index < -0.39 is 11.5 Å². The number of rotatable bonds is 16. The maximum absolute atomic E-state index is 11.2. The minimum absolute atomic E-state index is 0.479. The van der Waals surface area contributed by atoms with Crippen molar-refractivity contribution in [3.05, 3.63) is 0 Å². The van der Waals surface area contributed by atoms with Gasteiger partial charge in [-0.1, -0.05) is 90.4 Å². The van der Waals surface area contributed by atoms with Gasteiger partial charge < -0.3 is 5.11 Å². The summed E-state index contributed by atoms with van der Waals surface area (Å²) < 4.78 is 0.774. The molecule has 0 aliphatic carbocycles. The molecule has 0 aliphatic rings. The number of aliphatic carboxylic acids is 1. The van der Waals surface area contributed by atoms with Crippen LogP contribution in [0.4, 0.5) is 0 Å². The molecular formula is C18H35Cl2NO2. The Morgan fingerprint density at radius 3 is 1.48 bits per heavy atom. The van der Waals surface area contributed by atoms with E-state index in [1.54, 1.807) is 6.92 Å². The zero-order valence-corrected chi connectivity index (χ0v) is 16.5. The third-order valence-electron chi connectivity index (χ3n) is 4.60. The Balaban J connectivity index is 3.41. The summed E-state index contributed by atoms with van der Waals surface area (Å²) in [5.74, 6) is -0.971. The van der Waals surface area contributed by atoms with E-state index in [0.29, 0.717) is 6.42 Å². The Morgan fingerprint density at radius 1 is 0.826 bits per heavy atom. The molecule has 0 aromatic rings. The van der Waals surface area contributed by atoms with Crippen molar-refractivity contribution in [2.75, 3.05) is 0 Å². The van der Waals surface area contributed by atoms with Crippen LogP contribution in [-0.4, -0.2) is 20.6 Å². The number of halogens is 2. The lowest BCUT2D eigenvalue weighted by Gasteiger charge is -2.27. The Morgan fingerprint density at radius 2 is 1.17 bits per heavy atom. The van der Waals surface area contributed by atoms with Gasteiger partial charge in [-0.2, -0.15) is 0 Å². The molecule has 0 saturated carbocycles. The van der Waals surface area contributed by atoms with E-state index in [-0.39, 0.29) is 0 Å². The fourth-order valence-corrected chi connectivity index (χ4v) is 3.06. The van der Waals surface area contributed by atoms with Gasteiger partial charge in [0.05, 0.1) is 0 Å². The van der Waals surface area contributed by atoms with Crippen molar-refractivity contribution in [3.8, 4) is 0 Å². The molecular weight excluding hydrogens is 333 g/mol. The summed E-state index contributed by atoms with van der Waals surface area (Å²) in [6.07, 6.45) is 17.0. The van der Waals surface area contributed by atoms with Gasteiger partial charge in [0, 0.05) is 0 Å². The van der Waals surface area contributed by atoms with Crippen LogP contribution in [0.15, 0.2) is 0 Å². The summed E-state index contributed by atoms with van der Waals surface area (Å²) in [5, 5.41) is 9.18. The van der Waals surface area contributed by atoms with Gasteiger partial charge in [0.25, 0.3) is 0 Å². The van der Waals surface area contributed by atoms with E-state index in [9.17, 15) is 9.90 Å². The maximum atomic E-state index is 11.2. The van der Waals surface area contributed by atoms with Crippen LogP contribution in [0.3, 0.4) is 0 Å². The number of unbranched alkanes of at least 4 members (excludes halogenated alkanes) is 12. The van der Waals surface area contributed by atoms with Crippen LogP contribution in [0, 0.1) is 0 Å². The predicted molar refractivity (Wildman–Crippen MR) is 99.9 cm³/mol. The second-order valence-corrected chi connectivity index (χ2v) is 7.65. The molecule has 0 aliphatic heterocycles. The molecule has 0 aromatic carbocycles. The maximum Gasteiger partial charge on any atom is 0.326 e. The molecule has 0 radical (unpaired) electrons.